The van der Waals surface area contributed by atoms with E-state index >= 15 is 0 Å². The number of allylic oxidation sites excluding steroid dienone is 2. The molecule has 0 bridgehead atoms. The van der Waals surface area contributed by atoms with Crippen LogP contribution in [0.15, 0.2) is 30.3 Å². The molecule has 1 aromatic rings. The number of methoxy groups -OCH3 is 1. The molecule has 0 heterocycles. The number of ether oxygens (including phenoxy) is 1. The lowest BCUT2D eigenvalue weighted by molar-refractivity contribution is -0.148. The van der Waals surface area contributed by atoms with E-state index in [0.717, 1.165) is 11.1 Å². The van der Waals surface area contributed by atoms with E-state index in [1.165, 1.54) is 19.6 Å². The second-order valence-corrected chi connectivity index (χ2v) is 4.68. The summed E-state index contributed by atoms with van der Waals surface area (Å²) in [6.07, 6.45) is 2.29. The smallest absolute Gasteiger partial charge is 0.316 e. The van der Waals surface area contributed by atoms with Gasteiger partial charge >= 0.3 is 5.97 Å². The van der Waals surface area contributed by atoms with Crippen molar-refractivity contribution in [2.24, 2.45) is 5.92 Å². The molecular weight excluding hydrogens is 240 g/mol. The van der Waals surface area contributed by atoms with Crippen LogP contribution in [0.1, 0.15) is 31.4 Å². The van der Waals surface area contributed by atoms with Gasteiger partial charge in [0, 0.05) is 0 Å². The minimum Gasteiger partial charge on any atom is -0.468 e. The summed E-state index contributed by atoms with van der Waals surface area (Å²) in [4.78, 5) is 22.9. The van der Waals surface area contributed by atoms with Crippen molar-refractivity contribution in [3.05, 3.63) is 41.5 Å². The normalized spacial score (nSPS) is 12.9. The number of Topliss-reactive ketones (excluding diaryl/α,β-unsaturated/α-hetero) is 1. The lowest BCUT2D eigenvalue weighted by Gasteiger charge is -2.09. The second-order valence-electron chi connectivity index (χ2n) is 4.68. The van der Waals surface area contributed by atoms with Crippen LogP contribution in [0, 0.1) is 12.8 Å². The van der Waals surface area contributed by atoms with Crippen LogP contribution in [-0.4, -0.2) is 18.9 Å². The zero-order valence-corrected chi connectivity index (χ0v) is 11.9. The molecule has 19 heavy (non-hydrogen) atoms. The standard InChI is InChI=1S/C16H20O3/c1-11-5-8-14(9-6-11)12(2)7-10-15(13(3)17)16(18)19-4/h5-9,15H,10H2,1-4H3. The van der Waals surface area contributed by atoms with Crippen molar-refractivity contribution in [2.45, 2.75) is 27.2 Å². The molecule has 0 aromatic heterocycles. The monoisotopic (exact) mass is 260 g/mol. The first-order chi connectivity index (χ1) is 8.95. The molecule has 3 heteroatoms. The zero-order valence-electron chi connectivity index (χ0n) is 11.9. The third-order valence-corrected chi connectivity index (χ3v) is 3.14. The van der Waals surface area contributed by atoms with Gasteiger partial charge in [0.05, 0.1) is 7.11 Å². The molecule has 0 aliphatic carbocycles. The number of rotatable bonds is 5. The van der Waals surface area contributed by atoms with Gasteiger partial charge in [0.25, 0.3) is 0 Å². The molecular formula is C16H20O3. The number of aryl methyl sites for hydroxylation is 1. The Balaban J connectivity index is 2.81. The summed E-state index contributed by atoms with van der Waals surface area (Å²) < 4.78 is 4.64. The van der Waals surface area contributed by atoms with Crippen LogP contribution in [0.5, 0.6) is 0 Å². The Morgan fingerprint density at radius 1 is 1.21 bits per heavy atom. The second kappa shape index (κ2) is 6.88. The maximum atomic E-state index is 11.5. The fourth-order valence-electron chi connectivity index (χ4n) is 1.80. The quantitative estimate of drug-likeness (QED) is 0.603. The molecule has 0 fully saturated rings. The highest BCUT2D eigenvalue weighted by Crippen LogP contribution is 2.18. The molecule has 0 N–H and O–H groups in total. The van der Waals surface area contributed by atoms with Crippen LogP contribution in [0.2, 0.25) is 0 Å². The van der Waals surface area contributed by atoms with Crippen LogP contribution >= 0.6 is 0 Å². The molecule has 0 radical (unpaired) electrons. The van der Waals surface area contributed by atoms with Gasteiger partial charge in [0.1, 0.15) is 11.7 Å². The maximum absolute atomic E-state index is 11.5. The van der Waals surface area contributed by atoms with Crippen LogP contribution in [0.4, 0.5) is 0 Å². The minimum absolute atomic E-state index is 0.167. The summed E-state index contributed by atoms with van der Waals surface area (Å²) in [5.41, 5.74) is 3.35. The van der Waals surface area contributed by atoms with Crippen molar-refractivity contribution in [3.63, 3.8) is 0 Å². The fraction of sp³-hybridized carbons (Fsp3) is 0.375. The van der Waals surface area contributed by atoms with Crippen molar-refractivity contribution in [3.8, 4) is 0 Å². The van der Waals surface area contributed by atoms with E-state index in [1.807, 2.05) is 44.2 Å². The Morgan fingerprint density at radius 2 is 1.79 bits per heavy atom. The predicted molar refractivity (Wildman–Crippen MR) is 75.6 cm³/mol. The predicted octanol–water partition coefficient (Wildman–Crippen LogP) is 3.17. The van der Waals surface area contributed by atoms with E-state index in [4.69, 9.17) is 0 Å². The molecule has 0 aliphatic heterocycles. The van der Waals surface area contributed by atoms with Crippen molar-refractivity contribution in [1.29, 1.82) is 0 Å². The molecule has 0 aliphatic rings. The van der Waals surface area contributed by atoms with Crippen molar-refractivity contribution in [2.75, 3.05) is 7.11 Å². The van der Waals surface area contributed by atoms with Gasteiger partial charge in [-0.05, 0) is 38.3 Å². The van der Waals surface area contributed by atoms with E-state index in [1.54, 1.807) is 0 Å². The molecule has 102 valence electrons. The third-order valence-electron chi connectivity index (χ3n) is 3.14. The summed E-state index contributed by atoms with van der Waals surface area (Å²) >= 11 is 0. The third kappa shape index (κ3) is 4.36. The molecule has 3 nitrogen and oxygen atoms in total. The number of carbonyl (C=O) groups excluding carboxylic acids is 2. The summed E-state index contributed by atoms with van der Waals surface area (Å²) in [6, 6.07) is 8.13. The van der Waals surface area contributed by atoms with E-state index in [9.17, 15) is 9.59 Å². The molecule has 1 unspecified atom stereocenters. The first-order valence-corrected chi connectivity index (χ1v) is 6.27. The van der Waals surface area contributed by atoms with Gasteiger partial charge in [0.2, 0.25) is 0 Å². The van der Waals surface area contributed by atoms with Crippen molar-refractivity contribution >= 4 is 17.3 Å². The zero-order chi connectivity index (χ0) is 14.4. The summed E-state index contributed by atoms with van der Waals surface area (Å²) in [7, 11) is 1.30. The van der Waals surface area contributed by atoms with Crippen LogP contribution < -0.4 is 0 Å². The van der Waals surface area contributed by atoms with Gasteiger partial charge in [-0.2, -0.15) is 0 Å². The fourth-order valence-corrected chi connectivity index (χ4v) is 1.80. The van der Waals surface area contributed by atoms with Crippen LogP contribution in [0.25, 0.3) is 5.57 Å². The van der Waals surface area contributed by atoms with Gasteiger partial charge in [-0.25, -0.2) is 0 Å². The lowest BCUT2D eigenvalue weighted by atomic mass is 9.97. The summed E-state index contributed by atoms with van der Waals surface area (Å²) in [6.45, 7) is 5.42. The molecule has 0 saturated carbocycles. The van der Waals surface area contributed by atoms with Gasteiger partial charge in [-0.15, -0.1) is 0 Å². The first kappa shape index (κ1) is 15.2. The van der Waals surface area contributed by atoms with E-state index < -0.39 is 11.9 Å². The van der Waals surface area contributed by atoms with Crippen molar-refractivity contribution < 1.29 is 14.3 Å². The Hall–Kier alpha value is -1.90. The largest absolute Gasteiger partial charge is 0.468 e. The van der Waals surface area contributed by atoms with Gasteiger partial charge in [-0.1, -0.05) is 35.9 Å². The van der Waals surface area contributed by atoms with Gasteiger partial charge in [0.15, 0.2) is 0 Å². The molecule has 0 spiro atoms. The van der Waals surface area contributed by atoms with E-state index in [2.05, 4.69) is 4.74 Å². The topological polar surface area (TPSA) is 43.4 Å². The minimum atomic E-state index is -0.703. The number of benzene rings is 1. The number of carbonyl (C=O) groups is 2. The summed E-state index contributed by atoms with van der Waals surface area (Å²) in [5, 5.41) is 0. The number of hydrogen-bond acceptors (Lipinski definition) is 3. The van der Waals surface area contributed by atoms with Gasteiger partial charge < -0.3 is 4.74 Å². The van der Waals surface area contributed by atoms with Gasteiger partial charge in [-0.3, -0.25) is 9.59 Å². The number of ketones is 1. The molecule has 1 aromatic carbocycles. The molecule has 0 amide bonds. The highest BCUT2D eigenvalue weighted by atomic mass is 16.5. The van der Waals surface area contributed by atoms with Crippen molar-refractivity contribution in [1.82, 2.24) is 0 Å². The Labute approximate surface area is 114 Å². The Bertz CT molecular complexity index is 483. The lowest BCUT2D eigenvalue weighted by Crippen LogP contribution is -2.22. The van der Waals surface area contributed by atoms with Crippen LogP contribution in [0.3, 0.4) is 0 Å². The van der Waals surface area contributed by atoms with E-state index in [0.29, 0.717) is 6.42 Å². The maximum Gasteiger partial charge on any atom is 0.316 e. The Kier molecular flexibility index (Phi) is 5.49. The average molecular weight is 260 g/mol. The average Bonchev–Trinajstić information content (AvgIpc) is 2.38. The molecule has 1 atom stereocenters. The van der Waals surface area contributed by atoms with Crippen LogP contribution in [-0.2, 0) is 14.3 Å². The Morgan fingerprint density at radius 3 is 2.26 bits per heavy atom. The molecule has 0 saturated heterocycles. The van der Waals surface area contributed by atoms with E-state index in [-0.39, 0.29) is 5.78 Å². The summed E-state index contributed by atoms with van der Waals surface area (Å²) in [5.74, 6) is -1.34. The highest BCUT2D eigenvalue weighted by molar-refractivity contribution is 5.98. The molecule has 1 rings (SSSR count). The first-order valence-electron chi connectivity index (χ1n) is 6.27. The number of hydrogen-bond donors (Lipinski definition) is 0. The number of esters is 1. The highest BCUT2D eigenvalue weighted by Gasteiger charge is 2.22. The SMILES string of the molecule is COC(=O)C(CC=C(C)c1ccc(C)cc1)C(C)=O.